The van der Waals surface area contributed by atoms with Gasteiger partial charge in [0.1, 0.15) is 4.90 Å². The van der Waals surface area contributed by atoms with E-state index in [9.17, 15) is 16.8 Å². The highest BCUT2D eigenvalue weighted by molar-refractivity contribution is 8.09. The van der Waals surface area contributed by atoms with Crippen LogP contribution in [0.1, 0.15) is 9.75 Å². The molecule has 0 radical (unpaired) electrons. The van der Waals surface area contributed by atoms with Gasteiger partial charge in [-0.25, -0.2) is 16.8 Å². The molecule has 0 atom stereocenters. The molecule has 0 spiro atoms. The number of nitrogens with one attached hydrogen (secondary N) is 2. The summed E-state index contributed by atoms with van der Waals surface area (Å²) in [6.45, 7) is 3.53. The molecule has 1 heterocycles. The van der Waals surface area contributed by atoms with Crippen LogP contribution in [0, 0.1) is 13.8 Å². The van der Waals surface area contributed by atoms with Gasteiger partial charge in [-0.3, -0.25) is 4.72 Å². The van der Waals surface area contributed by atoms with Gasteiger partial charge in [0, 0.05) is 14.6 Å². The highest BCUT2D eigenvalue weighted by Gasteiger charge is 2.22. The van der Waals surface area contributed by atoms with Gasteiger partial charge in [0.2, 0.25) is 10.0 Å². The highest BCUT2D eigenvalue weighted by Crippen LogP contribution is 2.36. The monoisotopic (exact) mass is 522 g/mol. The molecule has 30 heavy (non-hydrogen) atoms. The van der Waals surface area contributed by atoms with E-state index >= 15 is 0 Å². The first-order valence-corrected chi connectivity index (χ1v) is 13.7. The van der Waals surface area contributed by atoms with Gasteiger partial charge in [0.25, 0.3) is 10.0 Å². The van der Waals surface area contributed by atoms with Gasteiger partial charge in [-0.1, -0.05) is 41.4 Å². The average molecular weight is 524 g/mol. The van der Waals surface area contributed by atoms with E-state index in [2.05, 4.69) is 8.85 Å². The van der Waals surface area contributed by atoms with Crippen LogP contribution in [0.4, 0.5) is 5.69 Å². The standard InChI is InChI=1S/C18H16Cl2N2O4S4/c1-11-8-18(12(2)27-11)30(25,26)21-16-9-14(19)15(20)10-17(16)28-22-29(23,24)13-6-4-3-5-7-13/h3-10,21-22H,1-2H3. The predicted octanol–water partition coefficient (Wildman–Crippen LogP) is 5.46. The molecule has 0 saturated carbocycles. The van der Waals surface area contributed by atoms with Crippen LogP contribution in [0.15, 0.2) is 63.2 Å². The molecule has 0 saturated heterocycles. The molecule has 3 rings (SSSR count). The van der Waals surface area contributed by atoms with E-state index in [4.69, 9.17) is 23.2 Å². The lowest BCUT2D eigenvalue weighted by Gasteiger charge is -2.14. The summed E-state index contributed by atoms with van der Waals surface area (Å²) in [6.07, 6.45) is 0. The quantitative estimate of drug-likeness (QED) is 0.402. The fourth-order valence-electron chi connectivity index (χ4n) is 2.51. The smallest absolute Gasteiger partial charge is 0.263 e. The summed E-state index contributed by atoms with van der Waals surface area (Å²) in [5.74, 6) is 0. The van der Waals surface area contributed by atoms with Crippen LogP contribution in [0.5, 0.6) is 0 Å². The van der Waals surface area contributed by atoms with Crippen molar-refractivity contribution in [2.45, 2.75) is 28.5 Å². The molecule has 3 aromatic rings. The number of halogens is 2. The van der Waals surface area contributed by atoms with Crippen LogP contribution < -0.4 is 8.85 Å². The number of hydrogen-bond acceptors (Lipinski definition) is 6. The first-order chi connectivity index (χ1) is 14.0. The number of benzene rings is 2. The van der Waals surface area contributed by atoms with Crippen LogP contribution in [-0.4, -0.2) is 16.8 Å². The zero-order chi connectivity index (χ0) is 22.1. The van der Waals surface area contributed by atoms with Crippen molar-refractivity contribution < 1.29 is 16.8 Å². The van der Waals surface area contributed by atoms with Crippen molar-refractivity contribution >= 4 is 72.2 Å². The number of anilines is 1. The lowest BCUT2D eigenvalue weighted by atomic mass is 10.3. The molecule has 1 aromatic heterocycles. The molecule has 0 aliphatic heterocycles. The van der Waals surface area contributed by atoms with Crippen molar-refractivity contribution in [3.05, 3.63) is 68.3 Å². The average Bonchev–Trinajstić information content (AvgIpc) is 3.03. The topological polar surface area (TPSA) is 92.3 Å². The third-order valence-corrected chi connectivity index (χ3v) is 9.84. The Balaban J connectivity index is 1.93. The second-order valence-electron chi connectivity index (χ2n) is 6.15. The summed E-state index contributed by atoms with van der Waals surface area (Å²) >= 11 is 14.2. The molecule has 0 amide bonds. The number of rotatable bonds is 7. The van der Waals surface area contributed by atoms with Gasteiger partial charge in [0.05, 0.1) is 20.6 Å². The van der Waals surface area contributed by atoms with Crippen LogP contribution in [0.2, 0.25) is 10.0 Å². The summed E-state index contributed by atoms with van der Waals surface area (Å²) in [4.78, 5) is 1.96. The minimum Gasteiger partial charge on any atom is -0.278 e. The second-order valence-corrected chi connectivity index (χ2v) is 12.9. The van der Waals surface area contributed by atoms with Crippen molar-refractivity contribution in [1.29, 1.82) is 0 Å². The number of thiophene rings is 1. The van der Waals surface area contributed by atoms with Crippen molar-refractivity contribution in [3.8, 4) is 0 Å². The van der Waals surface area contributed by atoms with Gasteiger partial charge >= 0.3 is 0 Å². The molecule has 6 nitrogen and oxygen atoms in total. The number of hydrogen-bond donors (Lipinski definition) is 2. The lowest BCUT2D eigenvalue weighted by Crippen LogP contribution is -2.18. The van der Waals surface area contributed by atoms with Crippen LogP contribution in [0.3, 0.4) is 0 Å². The first kappa shape index (κ1) is 23.4. The maximum Gasteiger partial charge on any atom is 0.263 e. The molecule has 2 aromatic carbocycles. The Morgan fingerprint density at radius 2 is 1.53 bits per heavy atom. The first-order valence-electron chi connectivity index (χ1n) is 8.32. The zero-order valence-electron chi connectivity index (χ0n) is 15.6. The van der Waals surface area contributed by atoms with Gasteiger partial charge in [-0.05, 0) is 56.1 Å². The van der Waals surface area contributed by atoms with E-state index in [1.165, 1.54) is 35.6 Å². The third-order valence-electron chi connectivity index (χ3n) is 3.87. The fraction of sp³-hybridized carbons (Fsp3) is 0.111. The maximum absolute atomic E-state index is 12.9. The summed E-state index contributed by atoms with van der Waals surface area (Å²) in [7, 11) is -7.75. The number of sulfonamides is 2. The molecular formula is C18H16Cl2N2O4S4. The minimum atomic E-state index is -3.91. The second kappa shape index (κ2) is 9.07. The molecule has 0 unspecified atom stereocenters. The molecule has 2 N–H and O–H groups in total. The molecule has 0 aliphatic carbocycles. The maximum atomic E-state index is 12.9. The van der Waals surface area contributed by atoms with E-state index in [0.717, 1.165) is 4.88 Å². The Morgan fingerprint density at radius 1 is 0.900 bits per heavy atom. The van der Waals surface area contributed by atoms with Crippen LogP contribution in [-0.2, 0) is 20.0 Å². The van der Waals surface area contributed by atoms with E-state index in [0.29, 0.717) is 16.8 Å². The minimum absolute atomic E-state index is 0.0732. The van der Waals surface area contributed by atoms with Crippen LogP contribution in [0.25, 0.3) is 0 Å². The zero-order valence-corrected chi connectivity index (χ0v) is 20.4. The van der Waals surface area contributed by atoms with E-state index < -0.39 is 20.0 Å². The molecular weight excluding hydrogens is 507 g/mol. The van der Waals surface area contributed by atoms with Gasteiger partial charge in [0.15, 0.2) is 0 Å². The molecule has 0 bridgehead atoms. The predicted molar refractivity (Wildman–Crippen MR) is 124 cm³/mol. The Bertz CT molecular complexity index is 1290. The molecule has 0 aliphatic rings. The normalized spacial score (nSPS) is 12.1. The number of aryl methyl sites for hydroxylation is 2. The Hall–Kier alpha value is -1.27. The summed E-state index contributed by atoms with van der Waals surface area (Å²) in [5.41, 5.74) is 0.105. The lowest BCUT2D eigenvalue weighted by molar-refractivity contribution is 0.594. The molecule has 160 valence electrons. The van der Waals surface area contributed by atoms with Crippen molar-refractivity contribution in [2.75, 3.05) is 4.72 Å². The van der Waals surface area contributed by atoms with Gasteiger partial charge in [-0.2, -0.15) is 0 Å². The Labute approximate surface area is 193 Å². The van der Waals surface area contributed by atoms with Crippen molar-refractivity contribution in [2.24, 2.45) is 0 Å². The highest BCUT2D eigenvalue weighted by atomic mass is 35.5. The largest absolute Gasteiger partial charge is 0.278 e. The van der Waals surface area contributed by atoms with Crippen LogP contribution >= 0.6 is 46.5 Å². The van der Waals surface area contributed by atoms with E-state index in [1.54, 1.807) is 31.2 Å². The fourth-order valence-corrected chi connectivity index (χ4v) is 7.69. The molecule has 0 fully saturated rings. The summed E-state index contributed by atoms with van der Waals surface area (Å²) in [5, 5.41) is 0.284. The molecule has 12 heteroatoms. The van der Waals surface area contributed by atoms with Crippen molar-refractivity contribution in [1.82, 2.24) is 4.13 Å². The van der Waals surface area contributed by atoms with E-state index in [1.807, 2.05) is 6.92 Å². The Kier molecular flexibility index (Phi) is 7.08. The third kappa shape index (κ3) is 5.31. The summed E-state index contributed by atoms with van der Waals surface area (Å²) in [6, 6.07) is 12.1. The Morgan fingerprint density at radius 3 is 2.13 bits per heavy atom. The SMILES string of the molecule is Cc1cc(S(=O)(=O)Nc2cc(Cl)c(Cl)cc2SNS(=O)(=O)c2ccccc2)c(C)s1. The van der Waals surface area contributed by atoms with E-state index in [-0.39, 0.29) is 30.4 Å². The van der Waals surface area contributed by atoms with Gasteiger partial charge < -0.3 is 0 Å². The van der Waals surface area contributed by atoms with Crippen molar-refractivity contribution in [3.63, 3.8) is 0 Å². The summed E-state index contributed by atoms with van der Waals surface area (Å²) < 4.78 is 55.6. The van der Waals surface area contributed by atoms with Gasteiger partial charge in [-0.15, -0.1) is 15.5 Å².